The first-order valence-electron chi connectivity index (χ1n) is 6.69. The second kappa shape index (κ2) is 6.70. The molecule has 0 saturated carbocycles. The molecule has 0 amide bonds. The first-order valence-corrected chi connectivity index (χ1v) is 7.07. The molecule has 2 aromatic rings. The Morgan fingerprint density at radius 2 is 2.05 bits per heavy atom. The van der Waals surface area contributed by atoms with Crippen LogP contribution in [0.25, 0.3) is 0 Å². The zero-order chi connectivity index (χ0) is 15.4. The highest BCUT2D eigenvalue weighted by Crippen LogP contribution is 2.19. The van der Waals surface area contributed by atoms with E-state index >= 15 is 0 Å². The summed E-state index contributed by atoms with van der Waals surface area (Å²) in [5.74, 6) is 0.0285. The van der Waals surface area contributed by atoms with E-state index in [2.05, 4.69) is 9.88 Å². The number of rotatable bonds is 5. The van der Waals surface area contributed by atoms with Crippen LogP contribution < -0.4 is 5.73 Å². The van der Waals surface area contributed by atoms with Gasteiger partial charge in [-0.15, -0.1) is 0 Å². The third-order valence-electron chi connectivity index (χ3n) is 3.18. The summed E-state index contributed by atoms with van der Waals surface area (Å²) in [7, 11) is 2.03. The van der Waals surface area contributed by atoms with Crippen molar-refractivity contribution in [2.75, 3.05) is 7.05 Å². The summed E-state index contributed by atoms with van der Waals surface area (Å²) in [5, 5.41) is 8.04. The molecule has 0 unspecified atom stereocenters. The minimum absolute atomic E-state index is 0.0285. The second-order valence-electron chi connectivity index (χ2n) is 5.16. The number of nitrogens with two attached hydrogens (primary N) is 1. The highest BCUT2D eigenvalue weighted by atomic mass is 35.5. The molecule has 1 aromatic heterocycles. The lowest BCUT2D eigenvalue weighted by atomic mass is 10.1. The van der Waals surface area contributed by atoms with Crippen LogP contribution in [0.15, 0.2) is 36.4 Å². The molecule has 0 bridgehead atoms. The van der Waals surface area contributed by atoms with E-state index in [9.17, 15) is 0 Å². The summed E-state index contributed by atoms with van der Waals surface area (Å²) < 4.78 is 0. The summed E-state index contributed by atoms with van der Waals surface area (Å²) in [6, 6.07) is 11.5. The molecule has 2 rings (SSSR count). The number of aryl methyl sites for hydroxylation is 1. The maximum Gasteiger partial charge on any atom is 0.122 e. The third kappa shape index (κ3) is 4.28. The van der Waals surface area contributed by atoms with Crippen LogP contribution in [0.3, 0.4) is 0 Å². The Labute approximate surface area is 130 Å². The minimum atomic E-state index is 0.0285. The monoisotopic (exact) mass is 302 g/mol. The van der Waals surface area contributed by atoms with Crippen molar-refractivity contribution < 1.29 is 0 Å². The molecule has 0 fully saturated rings. The first-order chi connectivity index (χ1) is 9.95. The molecule has 0 atom stereocenters. The van der Waals surface area contributed by atoms with Crippen molar-refractivity contribution >= 4 is 17.4 Å². The van der Waals surface area contributed by atoms with Crippen molar-refractivity contribution in [3.05, 3.63) is 63.9 Å². The lowest BCUT2D eigenvalue weighted by molar-refractivity contribution is 0.315. The molecule has 0 saturated heterocycles. The van der Waals surface area contributed by atoms with Crippen LogP contribution in [-0.4, -0.2) is 22.8 Å². The maximum atomic E-state index is 7.41. The van der Waals surface area contributed by atoms with E-state index in [-0.39, 0.29) is 5.84 Å². The summed E-state index contributed by atoms with van der Waals surface area (Å²) in [6.45, 7) is 3.46. The number of aromatic nitrogens is 1. The zero-order valence-corrected chi connectivity index (χ0v) is 13.0. The normalized spacial score (nSPS) is 10.9. The number of hydrogen-bond acceptors (Lipinski definition) is 3. The van der Waals surface area contributed by atoms with Gasteiger partial charge in [0.25, 0.3) is 0 Å². The van der Waals surface area contributed by atoms with Gasteiger partial charge < -0.3 is 5.73 Å². The highest BCUT2D eigenvalue weighted by Gasteiger charge is 2.08. The lowest BCUT2D eigenvalue weighted by Gasteiger charge is -2.17. The van der Waals surface area contributed by atoms with Crippen molar-refractivity contribution in [3.63, 3.8) is 0 Å². The molecule has 1 heterocycles. The van der Waals surface area contributed by atoms with Gasteiger partial charge in [-0.1, -0.05) is 29.8 Å². The third-order valence-corrected chi connectivity index (χ3v) is 3.53. The van der Waals surface area contributed by atoms with E-state index < -0.39 is 0 Å². The van der Waals surface area contributed by atoms with E-state index in [4.69, 9.17) is 22.7 Å². The van der Waals surface area contributed by atoms with Crippen LogP contribution in [-0.2, 0) is 13.1 Å². The topological polar surface area (TPSA) is 66.0 Å². The first kappa shape index (κ1) is 15.5. The summed E-state index contributed by atoms with van der Waals surface area (Å²) in [5.41, 5.74) is 9.17. The smallest absolute Gasteiger partial charge is 0.122 e. The van der Waals surface area contributed by atoms with Crippen LogP contribution in [0.5, 0.6) is 0 Å². The summed E-state index contributed by atoms with van der Waals surface area (Å²) in [6.07, 6.45) is 0. The summed E-state index contributed by atoms with van der Waals surface area (Å²) >= 11 is 6.25. The molecular weight excluding hydrogens is 284 g/mol. The predicted octanol–water partition coefficient (Wildman–Crippen LogP) is 2.96. The lowest BCUT2D eigenvalue weighted by Crippen LogP contribution is -2.18. The quantitative estimate of drug-likeness (QED) is 0.659. The molecule has 0 aliphatic carbocycles. The molecule has 4 nitrogen and oxygen atoms in total. The second-order valence-corrected chi connectivity index (χ2v) is 5.57. The Balaban J connectivity index is 2.06. The number of nitrogens with zero attached hydrogens (tertiary/aromatic N) is 2. The molecular formula is C16H19ClN4. The van der Waals surface area contributed by atoms with Gasteiger partial charge in [-0.3, -0.25) is 15.3 Å². The van der Waals surface area contributed by atoms with Gasteiger partial charge in [-0.2, -0.15) is 0 Å². The Hall–Kier alpha value is -1.91. The molecule has 0 radical (unpaired) electrons. The van der Waals surface area contributed by atoms with Crippen LogP contribution >= 0.6 is 11.6 Å². The van der Waals surface area contributed by atoms with Crippen LogP contribution in [0.4, 0.5) is 0 Å². The number of hydrogen-bond donors (Lipinski definition) is 2. The molecule has 0 aliphatic heterocycles. The average Bonchev–Trinajstić information content (AvgIpc) is 2.40. The number of nitrogens with one attached hydrogen (secondary N) is 1. The molecule has 21 heavy (non-hydrogen) atoms. The maximum absolute atomic E-state index is 7.41. The zero-order valence-electron chi connectivity index (χ0n) is 12.2. The van der Waals surface area contributed by atoms with E-state index in [1.807, 2.05) is 44.3 Å². The minimum Gasteiger partial charge on any atom is -0.384 e. The molecule has 1 aromatic carbocycles. The van der Waals surface area contributed by atoms with Crippen LogP contribution in [0.2, 0.25) is 5.02 Å². The SMILES string of the molecule is Cc1cccc(CN(C)Cc2ccc(C(=N)N)cc2Cl)n1. The van der Waals surface area contributed by atoms with Gasteiger partial charge in [-0.25, -0.2) is 0 Å². The number of pyridine rings is 1. The Morgan fingerprint density at radius 1 is 1.29 bits per heavy atom. The largest absolute Gasteiger partial charge is 0.384 e. The van der Waals surface area contributed by atoms with E-state index in [1.54, 1.807) is 6.07 Å². The Morgan fingerprint density at radius 3 is 2.67 bits per heavy atom. The van der Waals surface area contributed by atoms with Crippen LogP contribution in [0.1, 0.15) is 22.5 Å². The number of benzene rings is 1. The van der Waals surface area contributed by atoms with Gasteiger partial charge in [0.1, 0.15) is 5.84 Å². The molecule has 110 valence electrons. The van der Waals surface area contributed by atoms with Gasteiger partial charge in [0, 0.05) is 29.4 Å². The number of halogens is 1. The van der Waals surface area contributed by atoms with Crippen molar-refractivity contribution in [2.45, 2.75) is 20.0 Å². The van der Waals surface area contributed by atoms with Gasteiger partial charge in [0.2, 0.25) is 0 Å². The van der Waals surface area contributed by atoms with Gasteiger partial charge in [0.05, 0.1) is 5.69 Å². The van der Waals surface area contributed by atoms with E-state index in [1.165, 1.54) is 0 Å². The fraction of sp³-hybridized carbons (Fsp3) is 0.250. The fourth-order valence-electron chi connectivity index (χ4n) is 2.15. The average molecular weight is 303 g/mol. The van der Waals surface area contributed by atoms with Crippen molar-refractivity contribution in [1.29, 1.82) is 5.41 Å². The van der Waals surface area contributed by atoms with Crippen LogP contribution in [0, 0.1) is 12.3 Å². The van der Waals surface area contributed by atoms with Crippen molar-refractivity contribution in [3.8, 4) is 0 Å². The molecule has 3 N–H and O–H groups in total. The molecule has 5 heteroatoms. The summed E-state index contributed by atoms with van der Waals surface area (Å²) in [4.78, 5) is 6.64. The van der Waals surface area contributed by atoms with Gasteiger partial charge in [0.15, 0.2) is 0 Å². The Kier molecular flexibility index (Phi) is 4.94. The van der Waals surface area contributed by atoms with Crippen molar-refractivity contribution in [2.24, 2.45) is 5.73 Å². The molecule has 0 aliphatic rings. The van der Waals surface area contributed by atoms with Crippen molar-refractivity contribution in [1.82, 2.24) is 9.88 Å². The highest BCUT2D eigenvalue weighted by molar-refractivity contribution is 6.31. The van der Waals surface area contributed by atoms with E-state index in [0.29, 0.717) is 17.1 Å². The van der Waals surface area contributed by atoms with Gasteiger partial charge in [-0.05, 0) is 37.7 Å². The number of amidine groups is 1. The molecule has 0 spiro atoms. The Bertz CT molecular complexity index is 654. The number of nitrogen functional groups attached to an aromatic ring is 1. The van der Waals surface area contributed by atoms with Gasteiger partial charge >= 0.3 is 0 Å². The fourth-order valence-corrected chi connectivity index (χ4v) is 2.39. The van der Waals surface area contributed by atoms with E-state index in [0.717, 1.165) is 23.5 Å². The standard InChI is InChI=1S/C16H19ClN4/c1-11-4-3-5-14(20-11)10-21(2)9-13-7-6-12(16(18)19)8-15(13)17/h3-8H,9-10H2,1-2H3,(H3,18,19). The predicted molar refractivity (Wildman–Crippen MR) is 86.6 cm³/mol.